The average molecular weight is 399 g/mol. The van der Waals surface area contributed by atoms with Gasteiger partial charge in [-0.05, 0) is 48.4 Å². The van der Waals surface area contributed by atoms with Gasteiger partial charge in [0.1, 0.15) is 12.0 Å². The third kappa shape index (κ3) is 4.67. The smallest absolute Gasteiger partial charge is 0.272 e. The quantitative estimate of drug-likeness (QED) is 0.467. The van der Waals surface area contributed by atoms with Crippen molar-refractivity contribution in [3.8, 4) is 0 Å². The maximum Gasteiger partial charge on any atom is 0.272 e. The summed E-state index contributed by atoms with van der Waals surface area (Å²) in [6.45, 7) is 0.709. The fourth-order valence-electron chi connectivity index (χ4n) is 3.18. The van der Waals surface area contributed by atoms with Crippen molar-refractivity contribution in [2.75, 3.05) is 10.6 Å². The summed E-state index contributed by atoms with van der Waals surface area (Å²) in [4.78, 5) is 25.0. The first-order valence-electron chi connectivity index (χ1n) is 9.63. The number of rotatable bonds is 7. The minimum Gasteiger partial charge on any atom is -0.472 e. The van der Waals surface area contributed by atoms with Crippen LogP contribution in [-0.4, -0.2) is 16.4 Å². The number of carbonyl (C=O) groups excluding carboxylic acids is 2. The number of nitrogens with zero attached hydrogens (tertiary/aromatic N) is 1. The van der Waals surface area contributed by atoms with Gasteiger partial charge in [-0.2, -0.15) is 0 Å². The Balaban J connectivity index is 1.41. The highest BCUT2D eigenvalue weighted by molar-refractivity contribution is 6.05. The third-order valence-corrected chi connectivity index (χ3v) is 4.71. The number of hydrogen-bond acceptors (Lipinski definition) is 3. The molecule has 2 amide bonds. The zero-order chi connectivity index (χ0) is 20.8. The monoisotopic (exact) mass is 399 g/mol. The topological polar surface area (TPSA) is 76.3 Å². The third-order valence-electron chi connectivity index (χ3n) is 4.71. The number of hydrogen-bond donors (Lipinski definition) is 2. The van der Waals surface area contributed by atoms with Crippen molar-refractivity contribution in [3.05, 3.63) is 108 Å². The molecule has 0 spiro atoms. The van der Waals surface area contributed by atoms with E-state index in [1.807, 2.05) is 35.0 Å². The van der Waals surface area contributed by atoms with Crippen molar-refractivity contribution in [1.82, 2.24) is 4.57 Å². The van der Waals surface area contributed by atoms with Crippen LogP contribution in [-0.2, 0) is 13.0 Å². The summed E-state index contributed by atoms with van der Waals surface area (Å²) in [5.74, 6) is -0.478. The van der Waals surface area contributed by atoms with E-state index in [0.29, 0.717) is 29.2 Å². The van der Waals surface area contributed by atoms with E-state index in [1.54, 1.807) is 36.4 Å². The summed E-state index contributed by atoms with van der Waals surface area (Å²) in [6.07, 6.45) is 5.56. The number of aromatic nitrogens is 1. The summed E-state index contributed by atoms with van der Waals surface area (Å²) in [6, 6.07) is 22.4. The van der Waals surface area contributed by atoms with Gasteiger partial charge in [-0.15, -0.1) is 0 Å². The second kappa shape index (κ2) is 8.96. The Labute approximate surface area is 174 Å². The molecule has 0 atom stereocenters. The standard InChI is InChI=1S/C24H21N3O3/c28-23(19-12-15-30-17-19)25-20-8-4-9-21(16-20)26-24(29)22-10-5-13-27(22)14-11-18-6-2-1-3-7-18/h1-10,12-13,15-17H,11,14H2,(H,25,28)(H,26,29). The average Bonchev–Trinajstić information content (AvgIpc) is 3.45. The Bertz CT molecular complexity index is 1130. The van der Waals surface area contributed by atoms with Crippen LogP contribution in [0.15, 0.2) is 95.9 Å². The van der Waals surface area contributed by atoms with Gasteiger partial charge < -0.3 is 19.6 Å². The minimum absolute atomic E-state index is 0.202. The maximum atomic E-state index is 12.8. The van der Waals surface area contributed by atoms with Gasteiger partial charge in [-0.1, -0.05) is 36.4 Å². The molecule has 4 aromatic rings. The highest BCUT2D eigenvalue weighted by atomic mass is 16.3. The number of aryl methyl sites for hydroxylation is 2. The van der Waals surface area contributed by atoms with Crippen LogP contribution in [0.4, 0.5) is 11.4 Å². The predicted molar refractivity (Wildman–Crippen MR) is 116 cm³/mol. The Kier molecular flexibility index (Phi) is 5.75. The largest absolute Gasteiger partial charge is 0.472 e. The van der Waals surface area contributed by atoms with E-state index in [0.717, 1.165) is 6.42 Å². The van der Waals surface area contributed by atoms with E-state index in [2.05, 4.69) is 22.8 Å². The first kappa shape index (κ1) is 19.3. The van der Waals surface area contributed by atoms with E-state index in [-0.39, 0.29) is 11.8 Å². The van der Waals surface area contributed by atoms with Gasteiger partial charge in [0.25, 0.3) is 11.8 Å². The van der Waals surface area contributed by atoms with Crippen molar-refractivity contribution in [1.29, 1.82) is 0 Å². The molecular formula is C24H21N3O3. The molecule has 6 heteroatoms. The molecule has 0 aliphatic rings. The van der Waals surface area contributed by atoms with Gasteiger partial charge in [-0.25, -0.2) is 0 Å². The molecule has 2 aromatic carbocycles. The van der Waals surface area contributed by atoms with E-state index < -0.39 is 0 Å². The molecule has 0 aliphatic heterocycles. The maximum absolute atomic E-state index is 12.8. The van der Waals surface area contributed by atoms with Crippen molar-refractivity contribution in [2.24, 2.45) is 0 Å². The van der Waals surface area contributed by atoms with E-state index in [9.17, 15) is 9.59 Å². The molecule has 150 valence electrons. The fourth-order valence-corrected chi connectivity index (χ4v) is 3.18. The summed E-state index contributed by atoms with van der Waals surface area (Å²) in [5.41, 5.74) is 3.41. The van der Waals surface area contributed by atoms with Gasteiger partial charge in [-0.3, -0.25) is 9.59 Å². The van der Waals surface area contributed by atoms with Crippen molar-refractivity contribution >= 4 is 23.2 Å². The summed E-state index contributed by atoms with van der Waals surface area (Å²) >= 11 is 0. The van der Waals surface area contributed by atoms with Crippen LogP contribution in [0.1, 0.15) is 26.4 Å². The van der Waals surface area contributed by atoms with E-state index in [4.69, 9.17) is 4.42 Å². The van der Waals surface area contributed by atoms with E-state index in [1.165, 1.54) is 18.1 Å². The number of nitrogens with one attached hydrogen (secondary N) is 2. The van der Waals surface area contributed by atoms with Gasteiger partial charge >= 0.3 is 0 Å². The first-order valence-corrected chi connectivity index (χ1v) is 9.63. The first-order chi connectivity index (χ1) is 14.7. The molecule has 0 bridgehead atoms. The highest BCUT2D eigenvalue weighted by Crippen LogP contribution is 2.18. The van der Waals surface area contributed by atoms with Gasteiger partial charge in [0.2, 0.25) is 0 Å². The zero-order valence-electron chi connectivity index (χ0n) is 16.2. The Morgan fingerprint density at radius 1 is 0.833 bits per heavy atom. The molecule has 4 rings (SSSR count). The highest BCUT2D eigenvalue weighted by Gasteiger charge is 2.12. The molecule has 2 heterocycles. The predicted octanol–water partition coefficient (Wildman–Crippen LogP) is 4.83. The zero-order valence-corrected chi connectivity index (χ0v) is 16.2. The SMILES string of the molecule is O=C(Nc1cccc(NC(=O)c2cccn2CCc2ccccc2)c1)c1ccoc1. The molecule has 6 nitrogen and oxygen atoms in total. The fraction of sp³-hybridized carbons (Fsp3) is 0.0833. The van der Waals surface area contributed by atoms with Crippen LogP contribution >= 0.6 is 0 Å². The van der Waals surface area contributed by atoms with Gasteiger partial charge in [0.05, 0.1) is 11.8 Å². The number of anilines is 2. The lowest BCUT2D eigenvalue weighted by Crippen LogP contribution is -2.18. The number of amides is 2. The lowest BCUT2D eigenvalue weighted by atomic mass is 10.1. The molecule has 2 N–H and O–H groups in total. The van der Waals surface area contributed by atoms with Crippen molar-refractivity contribution in [3.63, 3.8) is 0 Å². The molecule has 0 radical (unpaired) electrons. The Hall–Kier alpha value is -4.06. The van der Waals surface area contributed by atoms with Crippen LogP contribution in [0.25, 0.3) is 0 Å². The normalized spacial score (nSPS) is 10.5. The van der Waals surface area contributed by atoms with Crippen LogP contribution in [0, 0.1) is 0 Å². The molecule has 0 fully saturated rings. The molecule has 2 aromatic heterocycles. The Morgan fingerprint density at radius 3 is 2.33 bits per heavy atom. The summed E-state index contributed by atoms with van der Waals surface area (Å²) in [7, 11) is 0. The molecule has 30 heavy (non-hydrogen) atoms. The van der Waals surface area contributed by atoms with Crippen molar-refractivity contribution in [2.45, 2.75) is 13.0 Å². The van der Waals surface area contributed by atoms with Gasteiger partial charge in [0, 0.05) is 24.1 Å². The second-order valence-electron chi connectivity index (χ2n) is 6.82. The molecular weight excluding hydrogens is 378 g/mol. The lowest BCUT2D eigenvalue weighted by molar-refractivity contribution is 0.101. The van der Waals surface area contributed by atoms with E-state index >= 15 is 0 Å². The van der Waals surface area contributed by atoms with Crippen LogP contribution in [0.2, 0.25) is 0 Å². The van der Waals surface area contributed by atoms with Crippen LogP contribution in [0.5, 0.6) is 0 Å². The molecule has 0 unspecified atom stereocenters. The van der Waals surface area contributed by atoms with Crippen LogP contribution < -0.4 is 10.6 Å². The second-order valence-corrected chi connectivity index (χ2v) is 6.82. The van der Waals surface area contributed by atoms with Crippen LogP contribution in [0.3, 0.4) is 0 Å². The lowest BCUT2D eigenvalue weighted by Gasteiger charge is -2.11. The number of benzene rings is 2. The number of carbonyl (C=O) groups is 2. The summed E-state index contributed by atoms with van der Waals surface area (Å²) < 4.78 is 6.87. The molecule has 0 saturated heterocycles. The van der Waals surface area contributed by atoms with Crippen molar-refractivity contribution < 1.29 is 14.0 Å². The number of furan rings is 1. The van der Waals surface area contributed by atoms with Gasteiger partial charge in [0.15, 0.2) is 0 Å². The molecule has 0 saturated carbocycles. The summed E-state index contributed by atoms with van der Waals surface area (Å²) in [5, 5.41) is 5.69. The molecule has 0 aliphatic carbocycles. The Morgan fingerprint density at radius 2 is 1.60 bits per heavy atom. The minimum atomic E-state index is -0.276.